The molecule has 3 aliphatic rings. The van der Waals surface area contributed by atoms with E-state index in [2.05, 4.69) is 22.0 Å². The SMILES string of the molecule is O=C1CCC(c2ccc(OC3CCN(C4CCC4)CC3)cc2)=NC1. The molecule has 0 radical (unpaired) electrons. The van der Waals surface area contributed by atoms with Gasteiger partial charge in [-0.1, -0.05) is 6.42 Å². The molecule has 4 rings (SSSR count). The minimum absolute atomic E-state index is 0.243. The summed E-state index contributed by atoms with van der Waals surface area (Å²) in [6, 6.07) is 9.11. The molecule has 0 amide bonds. The molecule has 2 heterocycles. The Hall–Kier alpha value is -1.68. The van der Waals surface area contributed by atoms with E-state index in [-0.39, 0.29) is 5.78 Å². The maximum absolute atomic E-state index is 11.3. The van der Waals surface area contributed by atoms with E-state index in [9.17, 15) is 4.79 Å². The number of benzene rings is 1. The highest BCUT2D eigenvalue weighted by atomic mass is 16.5. The molecule has 4 nitrogen and oxygen atoms in total. The summed E-state index contributed by atoms with van der Waals surface area (Å²) < 4.78 is 6.17. The maximum Gasteiger partial charge on any atom is 0.154 e. The number of Topliss-reactive ketones (excluding diaryl/α,β-unsaturated/α-hetero) is 1. The molecule has 1 saturated heterocycles. The number of nitrogens with zero attached hydrogens (tertiary/aromatic N) is 2. The van der Waals surface area contributed by atoms with Crippen LogP contribution in [0.3, 0.4) is 0 Å². The fourth-order valence-corrected chi connectivity index (χ4v) is 3.86. The molecule has 1 aromatic carbocycles. The summed E-state index contributed by atoms with van der Waals surface area (Å²) in [5.41, 5.74) is 2.17. The first-order chi connectivity index (χ1) is 11.8. The molecule has 128 valence electrons. The van der Waals surface area contributed by atoms with E-state index in [4.69, 9.17) is 4.74 Å². The third kappa shape index (κ3) is 3.54. The highest BCUT2D eigenvalue weighted by Crippen LogP contribution is 2.28. The Morgan fingerprint density at radius 1 is 1.00 bits per heavy atom. The Morgan fingerprint density at radius 2 is 1.75 bits per heavy atom. The molecule has 1 aromatic rings. The summed E-state index contributed by atoms with van der Waals surface area (Å²) in [5, 5.41) is 0. The first kappa shape index (κ1) is 15.8. The van der Waals surface area contributed by atoms with Crippen molar-refractivity contribution in [2.75, 3.05) is 19.6 Å². The number of piperidine rings is 1. The van der Waals surface area contributed by atoms with Crippen LogP contribution >= 0.6 is 0 Å². The van der Waals surface area contributed by atoms with Gasteiger partial charge in [-0.15, -0.1) is 0 Å². The lowest BCUT2D eigenvalue weighted by Gasteiger charge is -2.41. The molecule has 0 atom stereocenters. The second-order valence-electron chi connectivity index (χ2n) is 7.26. The molecular formula is C20H26N2O2. The highest BCUT2D eigenvalue weighted by Gasteiger charge is 2.29. The fourth-order valence-electron chi connectivity index (χ4n) is 3.86. The third-order valence-corrected chi connectivity index (χ3v) is 5.64. The van der Waals surface area contributed by atoms with Gasteiger partial charge in [0.05, 0.1) is 6.54 Å². The summed E-state index contributed by atoms with van der Waals surface area (Å²) in [4.78, 5) is 18.3. The van der Waals surface area contributed by atoms with Crippen molar-refractivity contribution in [1.29, 1.82) is 0 Å². The Balaban J connectivity index is 1.30. The number of rotatable bonds is 4. The topological polar surface area (TPSA) is 41.9 Å². The summed E-state index contributed by atoms with van der Waals surface area (Å²) in [6.07, 6.45) is 8.18. The second kappa shape index (κ2) is 7.06. The zero-order chi connectivity index (χ0) is 16.4. The van der Waals surface area contributed by atoms with Crippen molar-refractivity contribution >= 4 is 11.5 Å². The van der Waals surface area contributed by atoms with Crippen LogP contribution in [-0.4, -0.2) is 48.2 Å². The van der Waals surface area contributed by atoms with Gasteiger partial charge in [-0.2, -0.15) is 0 Å². The van der Waals surface area contributed by atoms with E-state index >= 15 is 0 Å². The number of ketones is 1. The van der Waals surface area contributed by atoms with Gasteiger partial charge in [0, 0.05) is 31.3 Å². The van der Waals surface area contributed by atoms with Crippen LogP contribution in [0.2, 0.25) is 0 Å². The molecule has 1 saturated carbocycles. The average Bonchev–Trinajstić information content (AvgIpc) is 2.57. The van der Waals surface area contributed by atoms with E-state index in [0.29, 0.717) is 19.1 Å². The highest BCUT2D eigenvalue weighted by molar-refractivity contribution is 6.05. The quantitative estimate of drug-likeness (QED) is 0.853. The number of carbonyl (C=O) groups excluding carboxylic acids is 1. The van der Waals surface area contributed by atoms with Crippen LogP contribution in [0.5, 0.6) is 5.75 Å². The Bertz CT molecular complexity index is 611. The van der Waals surface area contributed by atoms with Crippen LogP contribution in [0, 0.1) is 0 Å². The van der Waals surface area contributed by atoms with E-state index < -0.39 is 0 Å². The van der Waals surface area contributed by atoms with Crippen LogP contribution in [0.15, 0.2) is 29.3 Å². The van der Waals surface area contributed by atoms with Crippen molar-refractivity contribution in [2.24, 2.45) is 4.99 Å². The molecule has 0 aromatic heterocycles. The summed E-state index contributed by atoms with van der Waals surface area (Å²) in [5.74, 6) is 1.19. The molecule has 0 N–H and O–H groups in total. The normalized spacial score (nSPS) is 23.7. The Kier molecular flexibility index (Phi) is 4.65. The molecule has 4 heteroatoms. The lowest BCUT2D eigenvalue weighted by molar-refractivity contribution is -0.117. The van der Waals surface area contributed by atoms with Gasteiger partial charge < -0.3 is 9.64 Å². The van der Waals surface area contributed by atoms with Gasteiger partial charge in [0.25, 0.3) is 0 Å². The van der Waals surface area contributed by atoms with Gasteiger partial charge in [0.1, 0.15) is 11.9 Å². The van der Waals surface area contributed by atoms with E-state index in [1.807, 2.05) is 12.1 Å². The summed E-state index contributed by atoms with van der Waals surface area (Å²) in [7, 11) is 0. The zero-order valence-electron chi connectivity index (χ0n) is 14.2. The number of hydrogen-bond donors (Lipinski definition) is 0. The number of ether oxygens (including phenoxy) is 1. The first-order valence-electron chi connectivity index (χ1n) is 9.34. The van der Waals surface area contributed by atoms with Crippen molar-refractivity contribution < 1.29 is 9.53 Å². The fraction of sp³-hybridized carbons (Fsp3) is 0.600. The second-order valence-corrected chi connectivity index (χ2v) is 7.26. The van der Waals surface area contributed by atoms with Gasteiger partial charge in [0.2, 0.25) is 0 Å². The predicted molar refractivity (Wildman–Crippen MR) is 94.9 cm³/mol. The lowest BCUT2D eigenvalue weighted by atomic mass is 9.90. The van der Waals surface area contributed by atoms with Crippen molar-refractivity contribution in [2.45, 2.75) is 57.1 Å². The van der Waals surface area contributed by atoms with Gasteiger partial charge in [-0.05, 0) is 61.9 Å². The standard InChI is InChI=1S/C20H26N2O2/c23-17-6-9-20(21-14-17)15-4-7-18(8-5-15)24-19-10-12-22(13-11-19)16-2-1-3-16/h4-5,7-8,16,19H,1-3,6,9-14H2. The Labute approximate surface area is 143 Å². The predicted octanol–water partition coefficient (Wildman–Crippen LogP) is 3.23. The van der Waals surface area contributed by atoms with Crippen LogP contribution in [0.4, 0.5) is 0 Å². The van der Waals surface area contributed by atoms with Gasteiger partial charge in [-0.3, -0.25) is 9.79 Å². The summed E-state index contributed by atoms with van der Waals surface area (Å²) >= 11 is 0. The largest absolute Gasteiger partial charge is 0.490 e. The molecule has 2 fully saturated rings. The number of aliphatic imine (C=N–C) groups is 1. The smallest absolute Gasteiger partial charge is 0.154 e. The number of carbonyl (C=O) groups is 1. The van der Waals surface area contributed by atoms with Crippen LogP contribution < -0.4 is 4.74 Å². The Morgan fingerprint density at radius 3 is 2.33 bits per heavy atom. The van der Waals surface area contributed by atoms with E-state index in [1.165, 1.54) is 32.4 Å². The number of likely N-dealkylation sites (tertiary alicyclic amines) is 1. The molecular weight excluding hydrogens is 300 g/mol. The average molecular weight is 326 g/mol. The van der Waals surface area contributed by atoms with Gasteiger partial charge in [-0.25, -0.2) is 0 Å². The van der Waals surface area contributed by atoms with E-state index in [1.54, 1.807) is 0 Å². The monoisotopic (exact) mass is 326 g/mol. The minimum Gasteiger partial charge on any atom is -0.490 e. The molecule has 1 aliphatic carbocycles. The van der Waals surface area contributed by atoms with Crippen LogP contribution in [0.25, 0.3) is 0 Å². The van der Waals surface area contributed by atoms with Gasteiger partial charge in [0.15, 0.2) is 5.78 Å². The zero-order valence-corrected chi connectivity index (χ0v) is 14.2. The number of hydrogen-bond acceptors (Lipinski definition) is 4. The van der Waals surface area contributed by atoms with Crippen LogP contribution in [0.1, 0.15) is 50.5 Å². The first-order valence-corrected chi connectivity index (χ1v) is 9.34. The molecule has 0 bridgehead atoms. The minimum atomic E-state index is 0.243. The molecule has 24 heavy (non-hydrogen) atoms. The lowest BCUT2D eigenvalue weighted by Crippen LogP contribution is -2.46. The van der Waals surface area contributed by atoms with Crippen molar-refractivity contribution in [3.8, 4) is 5.75 Å². The maximum atomic E-state index is 11.3. The van der Waals surface area contributed by atoms with Crippen molar-refractivity contribution in [3.05, 3.63) is 29.8 Å². The van der Waals surface area contributed by atoms with Crippen molar-refractivity contribution in [3.63, 3.8) is 0 Å². The van der Waals surface area contributed by atoms with E-state index in [0.717, 1.165) is 42.3 Å². The van der Waals surface area contributed by atoms with Gasteiger partial charge >= 0.3 is 0 Å². The molecule has 0 unspecified atom stereocenters. The van der Waals surface area contributed by atoms with Crippen LogP contribution in [-0.2, 0) is 4.79 Å². The van der Waals surface area contributed by atoms with Crippen molar-refractivity contribution in [1.82, 2.24) is 4.90 Å². The third-order valence-electron chi connectivity index (χ3n) is 5.64. The molecule has 2 aliphatic heterocycles. The molecule has 0 spiro atoms. The summed E-state index contributed by atoms with van der Waals surface area (Å²) in [6.45, 7) is 2.70.